The summed E-state index contributed by atoms with van der Waals surface area (Å²) >= 11 is 0. The lowest BCUT2D eigenvalue weighted by Gasteiger charge is -2.32. The van der Waals surface area contributed by atoms with Gasteiger partial charge in [0.2, 0.25) is 5.91 Å². The topological polar surface area (TPSA) is 53.6 Å². The number of piperidine rings is 1. The second kappa shape index (κ2) is 13.9. The van der Waals surface area contributed by atoms with Crippen molar-refractivity contribution < 1.29 is 22.7 Å². The fraction of sp³-hybridized carbons (Fsp3) is 0.929. The Morgan fingerprint density at radius 2 is 1.83 bits per heavy atom. The summed E-state index contributed by atoms with van der Waals surface area (Å²) in [5.41, 5.74) is 0. The van der Waals surface area contributed by atoms with Gasteiger partial charge in [0.15, 0.2) is 0 Å². The first kappa shape index (κ1) is 26.0. The van der Waals surface area contributed by atoms with Crippen molar-refractivity contribution in [3.8, 4) is 0 Å². The van der Waals surface area contributed by atoms with E-state index in [2.05, 4.69) is 10.6 Å². The molecule has 1 fully saturated rings. The molecule has 1 saturated heterocycles. The molecule has 1 aliphatic heterocycles. The van der Waals surface area contributed by atoms with Crippen molar-refractivity contribution in [2.75, 3.05) is 53.0 Å². The van der Waals surface area contributed by atoms with Gasteiger partial charge < -0.3 is 15.4 Å². The normalized spacial score (nSPS) is 16.2. The summed E-state index contributed by atoms with van der Waals surface area (Å²) in [4.78, 5) is 13.0. The lowest BCUT2D eigenvalue weighted by molar-refractivity contribution is -0.148. The number of carbonyl (C=O) groups is 1. The van der Waals surface area contributed by atoms with Gasteiger partial charge in [-0.05, 0) is 38.3 Å². The second-order valence-corrected chi connectivity index (χ2v) is 5.64. The monoisotopic (exact) mass is 397 g/mol. The fourth-order valence-corrected chi connectivity index (χ4v) is 2.54. The third-order valence-electron chi connectivity index (χ3n) is 3.75. The molecule has 1 heterocycles. The van der Waals surface area contributed by atoms with Gasteiger partial charge in [-0.3, -0.25) is 9.69 Å². The second-order valence-electron chi connectivity index (χ2n) is 5.64. The Hall–Kier alpha value is -0.280. The molecule has 10 heteroatoms. The van der Waals surface area contributed by atoms with E-state index >= 15 is 0 Å². The van der Waals surface area contributed by atoms with Gasteiger partial charge in [-0.15, -0.1) is 24.8 Å². The van der Waals surface area contributed by atoms with Crippen molar-refractivity contribution in [2.45, 2.75) is 25.4 Å². The predicted octanol–water partition coefficient (Wildman–Crippen LogP) is 1.85. The van der Waals surface area contributed by atoms with E-state index in [1.54, 1.807) is 7.11 Å². The van der Waals surface area contributed by atoms with Crippen molar-refractivity contribution in [1.82, 2.24) is 15.5 Å². The van der Waals surface area contributed by atoms with Crippen molar-refractivity contribution in [2.24, 2.45) is 5.92 Å². The van der Waals surface area contributed by atoms with Gasteiger partial charge in [0.05, 0.1) is 19.7 Å². The van der Waals surface area contributed by atoms with Crippen LogP contribution in [-0.2, 0) is 9.53 Å². The number of halogens is 5. The van der Waals surface area contributed by atoms with Crippen LogP contribution in [-0.4, -0.2) is 70.0 Å². The van der Waals surface area contributed by atoms with E-state index in [0.29, 0.717) is 38.7 Å². The average Bonchev–Trinajstić information content (AvgIpc) is 2.44. The zero-order chi connectivity index (χ0) is 16.4. The summed E-state index contributed by atoms with van der Waals surface area (Å²) < 4.78 is 41.7. The van der Waals surface area contributed by atoms with E-state index < -0.39 is 12.7 Å². The maximum atomic E-state index is 12.3. The highest BCUT2D eigenvalue weighted by Gasteiger charge is 2.32. The van der Waals surface area contributed by atoms with E-state index in [0.717, 1.165) is 19.3 Å². The average molecular weight is 398 g/mol. The Morgan fingerprint density at radius 1 is 1.21 bits per heavy atom. The molecule has 1 aliphatic rings. The molecule has 24 heavy (non-hydrogen) atoms. The summed E-state index contributed by atoms with van der Waals surface area (Å²) in [5.74, 6) is 0.330. The van der Waals surface area contributed by atoms with Crippen LogP contribution in [0.15, 0.2) is 0 Å². The summed E-state index contributed by atoms with van der Waals surface area (Å²) in [6.07, 6.45) is -1.77. The summed E-state index contributed by atoms with van der Waals surface area (Å²) in [7, 11) is 1.60. The minimum Gasteiger partial charge on any atom is -0.383 e. The quantitative estimate of drug-likeness (QED) is 0.583. The van der Waals surface area contributed by atoms with Crippen molar-refractivity contribution in [3.05, 3.63) is 0 Å². The minimum atomic E-state index is -4.11. The molecule has 0 aromatic rings. The Labute approximate surface area is 153 Å². The molecular weight excluding hydrogens is 370 g/mol. The number of hydrogen-bond donors (Lipinski definition) is 2. The van der Waals surface area contributed by atoms with Gasteiger partial charge in [0.1, 0.15) is 0 Å². The molecular formula is C14H28Cl2F3N3O2. The van der Waals surface area contributed by atoms with Crippen LogP contribution in [0.3, 0.4) is 0 Å². The smallest absolute Gasteiger partial charge is 0.383 e. The molecule has 0 aliphatic carbocycles. The van der Waals surface area contributed by atoms with Crippen LogP contribution in [0.2, 0.25) is 0 Å². The molecule has 0 saturated carbocycles. The number of likely N-dealkylation sites (tertiary alicyclic amines) is 1. The SMILES string of the molecule is COCCNCC(=O)NCCC1CCN(CC(F)(F)F)CC1.Cl.Cl. The summed E-state index contributed by atoms with van der Waals surface area (Å²) in [5, 5.41) is 5.77. The largest absolute Gasteiger partial charge is 0.401 e. The number of ether oxygens (including phenoxy) is 1. The molecule has 0 unspecified atom stereocenters. The van der Waals surface area contributed by atoms with Crippen LogP contribution in [0, 0.1) is 5.92 Å². The number of hydrogen-bond acceptors (Lipinski definition) is 4. The highest BCUT2D eigenvalue weighted by Crippen LogP contribution is 2.23. The standard InChI is InChI=1S/C14H26F3N3O2.2ClH/c1-22-9-6-18-10-13(21)19-5-2-12-3-7-20(8-4-12)11-14(15,16)17;;/h12,18H,2-11H2,1H3,(H,19,21);2*1H. The van der Waals surface area contributed by atoms with Gasteiger partial charge >= 0.3 is 6.18 Å². The highest BCUT2D eigenvalue weighted by atomic mass is 35.5. The minimum absolute atomic E-state index is 0. The van der Waals surface area contributed by atoms with E-state index in [1.807, 2.05) is 0 Å². The van der Waals surface area contributed by atoms with Gasteiger partial charge in [-0.1, -0.05) is 0 Å². The Morgan fingerprint density at radius 3 is 2.38 bits per heavy atom. The van der Waals surface area contributed by atoms with Crippen LogP contribution < -0.4 is 10.6 Å². The fourth-order valence-electron chi connectivity index (χ4n) is 2.54. The molecule has 2 N–H and O–H groups in total. The Balaban J connectivity index is 0. The Bertz CT molecular complexity index is 329. The molecule has 0 bridgehead atoms. The molecule has 5 nitrogen and oxygen atoms in total. The van der Waals surface area contributed by atoms with Crippen LogP contribution in [0.5, 0.6) is 0 Å². The molecule has 1 amide bonds. The highest BCUT2D eigenvalue weighted by molar-refractivity contribution is 5.85. The number of methoxy groups -OCH3 is 1. The van der Waals surface area contributed by atoms with E-state index in [-0.39, 0.29) is 37.3 Å². The molecule has 0 aromatic carbocycles. The first-order chi connectivity index (χ1) is 10.4. The zero-order valence-electron chi connectivity index (χ0n) is 13.9. The van der Waals surface area contributed by atoms with E-state index in [9.17, 15) is 18.0 Å². The maximum Gasteiger partial charge on any atom is 0.401 e. The molecule has 1 rings (SSSR count). The van der Waals surface area contributed by atoms with Gasteiger partial charge in [0, 0.05) is 20.2 Å². The van der Waals surface area contributed by atoms with Crippen molar-refractivity contribution >= 4 is 30.7 Å². The number of rotatable bonds is 9. The van der Waals surface area contributed by atoms with Gasteiger partial charge in [-0.2, -0.15) is 13.2 Å². The lowest BCUT2D eigenvalue weighted by atomic mass is 9.93. The first-order valence-electron chi connectivity index (χ1n) is 7.66. The number of nitrogens with one attached hydrogen (secondary N) is 2. The number of nitrogens with zero attached hydrogens (tertiary/aromatic N) is 1. The van der Waals surface area contributed by atoms with Crippen molar-refractivity contribution in [3.63, 3.8) is 0 Å². The van der Waals surface area contributed by atoms with E-state index in [1.165, 1.54) is 4.90 Å². The molecule has 146 valence electrons. The van der Waals surface area contributed by atoms with Gasteiger partial charge in [0.25, 0.3) is 0 Å². The van der Waals surface area contributed by atoms with Crippen LogP contribution in [0.4, 0.5) is 13.2 Å². The molecule has 0 radical (unpaired) electrons. The zero-order valence-corrected chi connectivity index (χ0v) is 15.5. The van der Waals surface area contributed by atoms with Gasteiger partial charge in [-0.25, -0.2) is 0 Å². The third-order valence-corrected chi connectivity index (χ3v) is 3.75. The molecule has 0 spiro atoms. The third kappa shape index (κ3) is 13.1. The predicted molar refractivity (Wildman–Crippen MR) is 92.1 cm³/mol. The Kier molecular flexibility index (Phi) is 15.1. The lowest BCUT2D eigenvalue weighted by Crippen LogP contribution is -2.41. The van der Waals surface area contributed by atoms with Crippen LogP contribution in [0.25, 0.3) is 0 Å². The summed E-state index contributed by atoms with van der Waals surface area (Å²) in [6, 6.07) is 0. The molecule has 0 aromatic heterocycles. The van der Waals surface area contributed by atoms with Crippen molar-refractivity contribution in [1.29, 1.82) is 0 Å². The first-order valence-corrected chi connectivity index (χ1v) is 7.66. The number of alkyl halides is 3. The maximum absolute atomic E-state index is 12.3. The van der Waals surface area contributed by atoms with Crippen LogP contribution >= 0.6 is 24.8 Å². The number of carbonyl (C=O) groups excluding carboxylic acids is 1. The molecule has 0 atom stereocenters. The number of amides is 1. The van der Waals surface area contributed by atoms with E-state index in [4.69, 9.17) is 4.74 Å². The van der Waals surface area contributed by atoms with Crippen LogP contribution in [0.1, 0.15) is 19.3 Å². The summed E-state index contributed by atoms with van der Waals surface area (Å²) in [6.45, 7) is 2.17.